The Labute approximate surface area is 121 Å². The fraction of sp³-hybridized carbons (Fsp3) is 0.133. The molecule has 0 bridgehead atoms. The van der Waals surface area contributed by atoms with Gasteiger partial charge in [0.25, 0.3) is 0 Å². The van der Waals surface area contributed by atoms with E-state index < -0.39 is 0 Å². The van der Waals surface area contributed by atoms with Crippen LogP contribution in [0.15, 0.2) is 42.6 Å². The highest BCUT2D eigenvalue weighted by atomic mass is 35.5. The Morgan fingerprint density at radius 1 is 1.21 bits per heavy atom. The molecule has 96 valence electrons. The number of nitrogens with one attached hydrogen (secondary N) is 1. The fourth-order valence-electron chi connectivity index (χ4n) is 2.10. The molecule has 4 heteroatoms. The molecule has 2 aromatic heterocycles. The number of rotatable bonds is 3. The lowest BCUT2D eigenvalue weighted by atomic mass is 10.1. The second-order valence-corrected chi connectivity index (χ2v) is 6.19. The van der Waals surface area contributed by atoms with Gasteiger partial charge in [0.15, 0.2) is 0 Å². The van der Waals surface area contributed by atoms with Crippen LogP contribution in [-0.2, 0) is 6.54 Å². The predicted molar refractivity (Wildman–Crippen MR) is 83.1 cm³/mol. The molecule has 2 nitrogen and oxygen atoms in total. The number of halogens is 1. The molecule has 2 heterocycles. The van der Waals surface area contributed by atoms with Crippen molar-refractivity contribution in [2.45, 2.75) is 13.5 Å². The van der Waals surface area contributed by atoms with Gasteiger partial charge < -0.3 is 5.32 Å². The molecule has 0 amide bonds. The molecular formula is C15H13ClN2S. The molecule has 3 aromatic rings. The van der Waals surface area contributed by atoms with Crippen LogP contribution in [0.2, 0.25) is 4.34 Å². The number of aryl methyl sites for hydroxylation is 1. The van der Waals surface area contributed by atoms with Crippen LogP contribution in [0.5, 0.6) is 0 Å². The number of nitrogens with zero attached hydrogens (tertiary/aromatic N) is 1. The minimum absolute atomic E-state index is 0.782. The largest absolute Gasteiger partial charge is 0.380 e. The van der Waals surface area contributed by atoms with Gasteiger partial charge >= 0.3 is 0 Å². The number of hydrogen-bond acceptors (Lipinski definition) is 3. The first-order valence-electron chi connectivity index (χ1n) is 6.06. The first-order valence-corrected chi connectivity index (χ1v) is 7.26. The zero-order valence-electron chi connectivity index (χ0n) is 10.5. The van der Waals surface area contributed by atoms with Crippen molar-refractivity contribution in [3.05, 3.63) is 57.4 Å². The van der Waals surface area contributed by atoms with Gasteiger partial charge in [0.2, 0.25) is 0 Å². The van der Waals surface area contributed by atoms with Gasteiger partial charge in [-0.15, -0.1) is 11.3 Å². The maximum atomic E-state index is 5.94. The maximum Gasteiger partial charge on any atom is 0.0931 e. The summed E-state index contributed by atoms with van der Waals surface area (Å²) in [5.41, 5.74) is 3.36. The van der Waals surface area contributed by atoms with E-state index in [0.717, 1.165) is 27.5 Å². The minimum atomic E-state index is 0.782. The smallest absolute Gasteiger partial charge is 0.0931 e. The van der Waals surface area contributed by atoms with Crippen molar-refractivity contribution >= 4 is 39.5 Å². The third kappa shape index (κ3) is 2.57. The highest BCUT2D eigenvalue weighted by Crippen LogP contribution is 2.26. The molecule has 0 spiro atoms. The van der Waals surface area contributed by atoms with Crippen LogP contribution in [0.25, 0.3) is 10.9 Å². The van der Waals surface area contributed by atoms with E-state index in [1.165, 1.54) is 10.4 Å². The van der Waals surface area contributed by atoms with Gasteiger partial charge in [0.05, 0.1) is 9.85 Å². The Morgan fingerprint density at radius 2 is 2.11 bits per heavy atom. The van der Waals surface area contributed by atoms with E-state index in [0.29, 0.717) is 0 Å². The topological polar surface area (TPSA) is 24.9 Å². The summed E-state index contributed by atoms with van der Waals surface area (Å²) in [5.74, 6) is 0. The molecule has 0 aliphatic carbocycles. The van der Waals surface area contributed by atoms with Gasteiger partial charge in [-0.2, -0.15) is 0 Å². The van der Waals surface area contributed by atoms with Crippen LogP contribution < -0.4 is 5.32 Å². The summed E-state index contributed by atoms with van der Waals surface area (Å²) in [6.07, 6.45) is 1.83. The molecule has 0 atom stereocenters. The first-order chi connectivity index (χ1) is 9.24. The molecule has 1 aromatic carbocycles. The minimum Gasteiger partial charge on any atom is -0.380 e. The Kier molecular flexibility index (Phi) is 3.40. The number of aromatic nitrogens is 1. The van der Waals surface area contributed by atoms with E-state index in [1.807, 2.05) is 18.3 Å². The molecule has 0 radical (unpaired) electrons. The van der Waals surface area contributed by atoms with Crippen LogP contribution in [0.4, 0.5) is 5.69 Å². The van der Waals surface area contributed by atoms with Gasteiger partial charge in [-0.1, -0.05) is 17.7 Å². The monoisotopic (exact) mass is 288 g/mol. The third-order valence-corrected chi connectivity index (χ3v) is 4.28. The normalized spacial score (nSPS) is 10.8. The van der Waals surface area contributed by atoms with Crippen molar-refractivity contribution in [1.82, 2.24) is 4.98 Å². The molecule has 1 N–H and O–H groups in total. The van der Waals surface area contributed by atoms with E-state index in [9.17, 15) is 0 Å². The molecule has 0 saturated carbocycles. The van der Waals surface area contributed by atoms with Crippen molar-refractivity contribution in [2.24, 2.45) is 0 Å². The standard InChI is InChI=1S/C15H13ClN2S/c1-10-4-6-13(12-3-2-8-17-15(10)12)18-9-11-5-7-14(16)19-11/h2-8,18H,9H2,1H3. The average Bonchev–Trinajstić information content (AvgIpc) is 2.84. The quantitative estimate of drug-likeness (QED) is 0.744. The molecule has 3 rings (SSSR count). The zero-order chi connectivity index (χ0) is 13.2. The number of fused-ring (bicyclic) bond motifs is 1. The van der Waals surface area contributed by atoms with Gasteiger partial charge in [-0.05, 0) is 42.8 Å². The van der Waals surface area contributed by atoms with Gasteiger partial charge in [0, 0.05) is 28.7 Å². The lowest BCUT2D eigenvalue weighted by Crippen LogP contribution is -1.99. The molecule has 0 aliphatic rings. The summed E-state index contributed by atoms with van der Waals surface area (Å²) in [5, 5.41) is 4.61. The molecule has 0 aliphatic heterocycles. The van der Waals surface area contributed by atoms with Crippen LogP contribution in [0.3, 0.4) is 0 Å². The summed E-state index contributed by atoms with van der Waals surface area (Å²) in [6, 6.07) is 12.2. The Hall–Kier alpha value is -1.58. The van der Waals surface area contributed by atoms with Gasteiger partial charge in [0.1, 0.15) is 0 Å². The summed E-state index contributed by atoms with van der Waals surface area (Å²) >= 11 is 7.54. The molecular weight excluding hydrogens is 276 g/mol. The van der Waals surface area contributed by atoms with Crippen molar-refractivity contribution in [3.63, 3.8) is 0 Å². The summed E-state index contributed by atoms with van der Waals surface area (Å²) in [4.78, 5) is 5.67. The number of anilines is 1. The molecule has 0 saturated heterocycles. The van der Waals surface area contributed by atoms with Crippen LogP contribution in [0.1, 0.15) is 10.4 Å². The molecule has 19 heavy (non-hydrogen) atoms. The van der Waals surface area contributed by atoms with Crippen LogP contribution in [-0.4, -0.2) is 4.98 Å². The van der Waals surface area contributed by atoms with Crippen molar-refractivity contribution in [1.29, 1.82) is 0 Å². The van der Waals surface area contributed by atoms with E-state index in [1.54, 1.807) is 11.3 Å². The second-order valence-electron chi connectivity index (χ2n) is 4.39. The SMILES string of the molecule is Cc1ccc(NCc2ccc(Cl)s2)c2cccnc12. The van der Waals surface area contributed by atoms with Gasteiger partial charge in [-0.25, -0.2) is 0 Å². The summed E-state index contributed by atoms with van der Waals surface area (Å²) in [6.45, 7) is 2.86. The van der Waals surface area contributed by atoms with E-state index in [4.69, 9.17) is 11.6 Å². The molecule has 0 unspecified atom stereocenters. The Balaban J connectivity index is 1.91. The Bertz CT molecular complexity index is 721. The van der Waals surface area contributed by atoms with Crippen molar-refractivity contribution < 1.29 is 0 Å². The van der Waals surface area contributed by atoms with E-state index >= 15 is 0 Å². The van der Waals surface area contributed by atoms with Gasteiger partial charge in [-0.3, -0.25) is 4.98 Å². The Morgan fingerprint density at radius 3 is 2.89 bits per heavy atom. The summed E-state index contributed by atoms with van der Waals surface area (Å²) < 4.78 is 0.826. The lowest BCUT2D eigenvalue weighted by Gasteiger charge is -2.10. The second kappa shape index (κ2) is 5.19. The maximum absolute atomic E-state index is 5.94. The van der Waals surface area contributed by atoms with Crippen LogP contribution >= 0.6 is 22.9 Å². The number of thiophene rings is 1. The summed E-state index contributed by atoms with van der Waals surface area (Å²) in [7, 11) is 0. The fourth-order valence-corrected chi connectivity index (χ4v) is 3.12. The van der Waals surface area contributed by atoms with E-state index in [-0.39, 0.29) is 0 Å². The number of benzene rings is 1. The zero-order valence-corrected chi connectivity index (χ0v) is 12.1. The number of pyridine rings is 1. The van der Waals surface area contributed by atoms with Crippen molar-refractivity contribution in [2.75, 3.05) is 5.32 Å². The number of hydrogen-bond donors (Lipinski definition) is 1. The lowest BCUT2D eigenvalue weighted by molar-refractivity contribution is 1.20. The highest BCUT2D eigenvalue weighted by molar-refractivity contribution is 7.16. The average molecular weight is 289 g/mol. The third-order valence-electron chi connectivity index (χ3n) is 3.05. The van der Waals surface area contributed by atoms with Crippen LogP contribution in [0, 0.1) is 6.92 Å². The first kappa shape index (κ1) is 12.5. The predicted octanol–water partition coefficient (Wildman–Crippen LogP) is 4.87. The highest BCUT2D eigenvalue weighted by Gasteiger charge is 2.04. The van der Waals surface area contributed by atoms with Crippen molar-refractivity contribution in [3.8, 4) is 0 Å². The van der Waals surface area contributed by atoms with E-state index in [2.05, 4.69) is 41.5 Å². The molecule has 0 fully saturated rings.